The second-order valence-electron chi connectivity index (χ2n) is 6.69. The van der Waals surface area contributed by atoms with Gasteiger partial charge in [-0.2, -0.15) is 5.10 Å². The summed E-state index contributed by atoms with van der Waals surface area (Å²) in [5.41, 5.74) is 1.28. The molecule has 9 heteroatoms. The van der Waals surface area contributed by atoms with E-state index in [-0.39, 0.29) is 5.89 Å². The molecule has 3 aromatic heterocycles. The summed E-state index contributed by atoms with van der Waals surface area (Å²) in [6.07, 6.45) is 1.59. The standard InChI is InChI=1S/C21H11BrCl2N4O2/c1-10-4-5-12-11(7-10)8-13-18(17(12)24)26-20(30-21(13)29)15-9-16(22)27-28(15)19-14(23)3-2-6-25-19/h2-9H,1H3. The quantitative estimate of drug-likeness (QED) is 0.279. The molecule has 5 aromatic rings. The van der Waals surface area contributed by atoms with Crippen LogP contribution in [0.3, 0.4) is 0 Å². The number of nitrogens with zero attached hydrogens (tertiary/aromatic N) is 4. The van der Waals surface area contributed by atoms with Crippen LogP contribution in [0.25, 0.3) is 39.1 Å². The van der Waals surface area contributed by atoms with Gasteiger partial charge in [-0.25, -0.2) is 19.4 Å². The maximum Gasteiger partial charge on any atom is 0.347 e. The van der Waals surface area contributed by atoms with E-state index in [1.54, 1.807) is 30.5 Å². The second kappa shape index (κ2) is 7.19. The molecule has 148 valence electrons. The highest BCUT2D eigenvalue weighted by Crippen LogP contribution is 2.33. The predicted octanol–water partition coefficient (Wildman–Crippen LogP) is 5.97. The zero-order valence-electron chi connectivity index (χ0n) is 15.4. The van der Waals surface area contributed by atoms with Crippen molar-refractivity contribution >= 4 is 60.8 Å². The smallest absolute Gasteiger partial charge is 0.347 e. The van der Waals surface area contributed by atoms with Gasteiger partial charge in [-0.1, -0.05) is 47.0 Å². The molecule has 3 heterocycles. The van der Waals surface area contributed by atoms with Gasteiger partial charge in [0.15, 0.2) is 5.82 Å². The van der Waals surface area contributed by atoms with Crippen LogP contribution in [0.1, 0.15) is 5.56 Å². The van der Waals surface area contributed by atoms with Gasteiger partial charge in [0.1, 0.15) is 15.8 Å². The van der Waals surface area contributed by atoms with Crippen molar-refractivity contribution in [3.63, 3.8) is 0 Å². The van der Waals surface area contributed by atoms with E-state index < -0.39 is 5.63 Å². The molecule has 0 spiro atoms. The largest absolute Gasteiger partial charge is 0.401 e. The number of hydrogen-bond acceptors (Lipinski definition) is 5. The Morgan fingerprint density at radius 3 is 2.73 bits per heavy atom. The molecule has 0 N–H and O–H groups in total. The molecule has 0 unspecified atom stereocenters. The van der Waals surface area contributed by atoms with Crippen LogP contribution in [0.5, 0.6) is 0 Å². The highest BCUT2D eigenvalue weighted by molar-refractivity contribution is 9.10. The van der Waals surface area contributed by atoms with E-state index in [0.717, 1.165) is 16.3 Å². The number of fused-ring (bicyclic) bond motifs is 2. The summed E-state index contributed by atoms with van der Waals surface area (Å²) in [6, 6.07) is 12.7. The van der Waals surface area contributed by atoms with Crippen LogP contribution in [-0.4, -0.2) is 19.7 Å². The molecule has 5 rings (SSSR count). The summed E-state index contributed by atoms with van der Waals surface area (Å²) < 4.78 is 7.51. The average molecular weight is 502 g/mol. The lowest BCUT2D eigenvalue weighted by Crippen LogP contribution is -2.07. The molecule has 30 heavy (non-hydrogen) atoms. The predicted molar refractivity (Wildman–Crippen MR) is 121 cm³/mol. The lowest BCUT2D eigenvalue weighted by atomic mass is 10.1. The molecule has 0 radical (unpaired) electrons. The van der Waals surface area contributed by atoms with Crippen molar-refractivity contribution in [1.29, 1.82) is 0 Å². The Labute approximate surface area is 188 Å². The van der Waals surface area contributed by atoms with Gasteiger partial charge in [-0.3, -0.25) is 0 Å². The van der Waals surface area contributed by atoms with Gasteiger partial charge in [-0.15, -0.1) is 0 Å². The highest BCUT2D eigenvalue weighted by atomic mass is 79.9. The first-order valence-electron chi connectivity index (χ1n) is 8.83. The third-order valence-corrected chi connectivity index (χ3v) is 5.73. The minimum absolute atomic E-state index is 0.0563. The molecule has 2 aromatic carbocycles. The topological polar surface area (TPSA) is 73.8 Å². The van der Waals surface area contributed by atoms with Gasteiger partial charge in [0.05, 0.1) is 15.4 Å². The Bertz CT molecular complexity index is 1530. The number of rotatable bonds is 2. The summed E-state index contributed by atoms with van der Waals surface area (Å²) >= 11 is 16.3. The number of halogens is 3. The normalized spacial score (nSPS) is 11.5. The fourth-order valence-electron chi connectivity index (χ4n) is 3.31. The number of aromatic nitrogens is 4. The molecular weight excluding hydrogens is 491 g/mol. The van der Waals surface area contributed by atoms with Crippen molar-refractivity contribution in [2.45, 2.75) is 6.92 Å². The van der Waals surface area contributed by atoms with Gasteiger partial charge < -0.3 is 4.42 Å². The van der Waals surface area contributed by atoms with Gasteiger partial charge in [0, 0.05) is 17.6 Å². The van der Waals surface area contributed by atoms with Crippen molar-refractivity contribution < 1.29 is 4.42 Å². The van der Waals surface area contributed by atoms with E-state index in [1.807, 2.05) is 25.1 Å². The second-order valence-corrected chi connectivity index (χ2v) is 8.29. The van der Waals surface area contributed by atoms with Crippen molar-refractivity contribution in [2.75, 3.05) is 0 Å². The Morgan fingerprint density at radius 2 is 1.93 bits per heavy atom. The number of benzene rings is 2. The molecule has 0 aliphatic rings. The van der Waals surface area contributed by atoms with Crippen molar-refractivity contribution in [3.05, 3.63) is 79.3 Å². The van der Waals surface area contributed by atoms with E-state index >= 15 is 0 Å². The molecule has 0 aliphatic carbocycles. The molecule has 0 amide bonds. The fourth-order valence-corrected chi connectivity index (χ4v) is 4.21. The maximum atomic E-state index is 12.8. The molecule has 0 saturated carbocycles. The Balaban J connectivity index is 1.81. The monoisotopic (exact) mass is 500 g/mol. The van der Waals surface area contributed by atoms with Gasteiger partial charge in [0.25, 0.3) is 0 Å². The SMILES string of the molecule is Cc1ccc2c(Cl)c3nc(-c4cc(Br)nn4-c4ncccc4Cl)oc(=O)c3cc2c1. The summed E-state index contributed by atoms with van der Waals surface area (Å²) in [4.78, 5) is 21.7. The zero-order valence-corrected chi connectivity index (χ0v) is 18.5. The lowest BCUT2D eigenvalue weighted by Gasteiger charge is -2.09. The minimum atomic E-state index is -0.545. The van der Waals surface area contributed by atoms with E-state index in [2.05, 4.69) is 31.0 Å². The van der Waals surface area contributed by atoms with Crippen LogP contribution in [0.15, 0.2) is 62.5 Å². The van der Waals surface area contributed by atoms with Crippen molar-refractivity contribution in [2.24, 2.45) is 0 Å². The molecule has 0 bridgehead atoms. The fraction of sp³-hybridized carbons (Fsp3) is 0.0476. The first-order chi connectivity index (χ1) is 14.4. The van der Waals surface area contributed by atoms with Crippen molar-refractivity contribution in [3.8, 4) is 17.4 Å². The summed E-state index contributed by atoms with van der Waals surface area (Å²) in [6.45, 7) is 1.98. The Morgan fingerprint density at radius 1 is 1.10 bits per heavy atom. The van der Waals surface area contributed by atoms with Gasteiger partial charge >= 0.3 is 5.63 Å². The van der Waals surface area contributed by atoms with Gasteiger partial charge in [0.2, 0.25) is 5.89 Å². The maximum absolute atomic E-state index is 12.8. The lowest BCUT2D eigenvalue weighted by molar-refractivity contribution is 0.513. The molecule has 0 saturated heterocycles. The molecule has 0 aliphatic heterocycles. The first-order valence-corrected chi connectivity index (χ1v) is 10.4. The Kier molecular flexibility index (Phi) is 4.61. The highest BCUT2D eigenvalue weighted by Gasteiger charge is 2.20. The third-order valence-electron chi connectivity index (χ3n) is 4.67. The van der Waals surface area contributed by atoms with Crippen LogP contribution in [0.4, 0.5) is 0 Å². The number of aryl methyl sites for hydroxylation is 1. The van der Waals surface area contributed by atoms with E-state index in [0.29, 0.717) is 37.1 Å². The number of pyridine rings is 1. The number of hydrogen-bond donors (Lipinski definition) is 0. The zero-order chi connectivity index (χ0) is 21.0. The first kappa shape index (κ1) is 19.2. The van der Waals surface area contributed by atoms with E-state index in [1.165, 1.54) is 4.68 Å². The van der Waals surface area contributed by atoms with Crippen LogP contribution < -0.4 is 5.63 Å². The minimum Gasteiger partial charge on any atom is -0.401 e. The van der Waals surface area contributed by atoms with Crippen molar-refractivity contribution in [1.82, 2.24) is 19.7 Å². The summed E-state index contributed by atoms with van der Waals surface area (Å²) in [5.74, 6) is 0.435. The van der Waals surface area contributed by atoms with Crippen LogP contribution in [-0.2, 0) is 0 Å². The average Bonchev–Trinajstić information content (AvgIpc) is 3.10. The van der Waals surface area contributed by atoms with E-state index in [9.17, 15) is 4.79 Å². The molecule has 6 nitrogen and oxygen atoms in total. The summed E-state index contributed by atoms with van der Waals surface area (Å²) in [5, 5.41) is 7.10. The molecular formula is C21H11BrCl2N4O2. The van der Waals surface area contributed by atoms with Gasteiger partial charge in [-0.05, 0) is 46.4 Å². The summed E-state index contributed by atoms with van der Waals surface area (Å²) in [7, 11) is 0. The third kappa shape index (κ3) is 3.10. The molecule has 0 atom stereocenters. The van der Waals surface area contributed by atoms with Crippen LogP contribution in [0.2, 0.25) is 10.0 Å². The Hall–Kier alpha value is -2.74. The molecule has 0 fully saturated rings. The van der Waals surface area contributed by atoms with E-state index in [4.69, 9.17) is 27.6 Å². The van der Waals surface area contributed by atoms with Crippen LogP contribution in [0, 0.1) is 6.92 Å². The van der Waals surface area contributed by atoms with Crippen LogP contribution >= 0.6 is 39.1 Å².